The molecule has 5 heteroatoms. The second-order valence-electron chi connectivity index (χ2n) is 4.12. The van der Waals surface area contributed by atoms with Gasteiger partial charge in [0.15, 0.2) is 5.15 Å². The van der Waals surface area contributed by atoms with Crippen LogP contribution in [0.15, 0.2) is 36.4 Å². The van der Waals surface area contributed by atoms with Crippen LogP contribution in [0.1, 0.15) is 12.5 Å². The summed E-state index contributed by atoms with van der Waals surface area (Å²) in [7, 11) is 0. The van der Waals surface area contributed by atoms with Gasteiger partial charge in [-0.25, -0.2) is 4.39 Å². The molecule has 0 aliphatic rings. The molecule has 94 valence electrons. The van der Waals surface area contributed by atoms with Gasteiger partial charge in [0, 0.05) is 6.04 Å². The maximum Gasteiger partial charge on any atom is 0.151 e. The average Bonchev–Trinajstić information content (AvgIpc) is 2.35. The van der Waals surface area contributed by atoms with E-state index < -0.39 is 0 Å². The summed E-state index contributed by atoms with van der Waals surface area (Å²) < 4.78 is 12.8. The van der Waals surface area contributed by atoms with Crippen LogP contribution >= 0.6 is 11.6 Å². The molecule has 0 saturated carbocycles. The van der Waals surface area contributed by atoms with E-state index in [1.165, 1.54) is 12.1 Å². The van der Waals surface area contributed by atoms with Gasteiger partial charge < -0.3 is 5.32 Å². The van der Waals surface area contributed by atoms with Gasteiger partial charge in [-0.2, -0.15) is 0 Å². The molecule has 1 atom stereocenters. The molecule has 0 aliphatic heterocycles. The number of hydrogen-bond donors (Lipinski definition) is 1. The first kappa shape index (κ1) is 12.8. The van der Waals surface area contributed by atoms with E-state index in [1.54, 1.807) is 24.3 Å². The number of benzene rings is 1. The number of nitrogens with one attached hydrogen (secondary N) is 1. The summed E-state index contributed by atoms with van der Waals surface area (Å²) >= 11 is 5.66. The van der Waals surface area contributed by atoms with Crippen molar-refractivity contribution in [3.63, 3.8) is 0 Å². The molecule has 3 nitrogen and oxygen atoms in total. The van der Waals surface area contributed by atoms with Crippen LogP contribution in [0.5, 0.6) is 0 Å². The normalized spacial score (nSPS) is 12.2. The molecule has 0 spiro atoms. The quantitative estimate of drug-likeness (QED) is 0.922. The van der Waals surface area contributed by atoms with Gasteiger partial charge in [0.1, 0.15) is 11.6 Å². The molecule has 18 heavy (non-hydrogen) atoms. The fourth-order valence-electron chi connectivity index (χ4n) is 1.67. The molecule has 0 fully saturated rings. The van der Waals surface area contributed by atoms with E-state index in [-0.39, 0.29) is 11.9 Å². The average molecular weight is 266 g/mol. The zero-order chi connectivity index (χ0) is 13.0. The highest BCUT2D eigenvalue weighted by Crippen LogP contribution is 2.11. The Morgan fingerprint density at radius 3 is 2.50 bits per heavy atom. The molecule has 1 heterocycles. The van der Waals surface area contributed by atoms with Crippen LogP contribution in [0.2, 0.25) is 5.15 Å². The second kappa shape index (κ2) is 5.78. The first-order valence-electron chi connectivity index (χ1n) is 5.64. The summed E-state index contributed by atoms with van der Waals surface area (Å²) in [5, 5.41) is 11.2. The van der Waals surface area contributed by atoms with Crippen molar-refractivity contribution >= 4 is 17.4 Å². The van der Waals surface area contributed by atoms with Crippen molar-refractivity contribution in [1.29, 1.82) is 0 Å². The molecule has 0 aliphatic carbocycles. The van der Waals surface area contributed by atoms with E-state index in [2.05, 4.69) is 15.5 Å². The Labute approximate surface area is 110 Å². The third-order valence-corrected chi connectivity index (χ3v) is 2.68. The van der Waals surface area contributed by atoms with Crippen LogP contribution in [0.4, 0.5) is 10.2 Å². The number of hydrogen-bond acceptors (Lipinski definition) is 3. The Hall–Kier alpha value is -1.68. The summed E-state index contributed by atoms with van der Waals surface area (Å²) in [6, 6.07) is 10.1. The summed E-state index contributed by atoms with van der Waals surface area (Å²) in [6.45, 7) is 2.03. The molecule has 0 radical (unpaired) electrons. The number of halogens is 2. The fourth-order valence-corrected chi connectivity index (χ4v) is 1.77. The largest absolute Gasteiger partial charge is 0.366 e. The molecular formula is C13H13ClFN3. The van der Waals surface area contributed by atoms with Crippen LogP contribution < -0.4 is 5.32 Å². The van der Waals surface area contributed by atoms with Crippen molar-refractivity contribution < 1.29 is 4.39 Å². The standard InChI is InChI=1S/C13H13ClFN3/c1-9(8-10-2-4-11(15)5-3-10)16-13-7-6-12(14)17-18-13/h2-7,9H,8H2,1H3,(H,16,18). The minimum atomic E-state index is -0.220. The Balaban J connectivity index is 1.94. The summed E-state index contributed by atoms with van der Waals surface area (Å²) in [6.07, 6.45) is 0.782. The molecule has 1 aromatic carbocycles. The lowest BCUT2D eigenvalue weighted by Gasteiger charge is -2.14. The predicted octanol–water partition coefficient (Wildman–Crippen LogP) is 3.31. The third kappa shape index (κ3) is 3.67. The topological polar surface area (TPSA) is 37.8 Å². The molecule has 1 N–H and O–H groups in total. The molecule has 1 unspecified atom stereocenters. The predicted molar refractivity (Wildman–Crippen MR) is 70.2 cm³/mol. The highest BCUT2D eigenvalue weighted by atomic mass is 35.5. The minimum absolute atomic E-state index is 0.172. The first-order chi connectivity index (χ1) is 8.63. The third-order valence-electron chi connectivity index (χ3n) is 2.48. The van der Waals surface area contributed by atoms with Crippen LogP contribution in [-0.4, -0.2) is 16.2 Å². The van der Waals surface area contributed by atoms with Crippen molar-refractivity contribution in [3.05, 3.63) is 52.9 Å². The molecule has 0 amide bonds. The van der Waals surface area contributed by atoms with E-state index >= 15 is 0 Å². The minimum Gasteiger partial charge on any atom is -0.366 e. The molecule has 0 saturated heterocycles. The zero-order valence-corrected chi connectivity index (χ0v) is 10.7. The van der Waals surface area contributed by atoms with E-state index in [0.717, 1.165) is 12.0 Å². The second-order valence-corrected chi connectivity index (χ2v) is 4.50. The lowest BCUT2D eigenvalue weighted by molar-refractivity contribution is 0.626. The Morgan fingerprint density at radius 2 is 1.89 bits per heavy atom. The summed E-state index contributed by atoms with van der Waals surface area (Å²) in [4.78, 5) is 0. The van der Waals surface area contributed by atoms with Crippen molar-refractivity contribution in [3.8, 4) is 0 Å². The number of nitrogens with zero attached hydrogens (tertiary/aromatic N) is 2. The summed E-state index contributed by atoms with van der Waals surface area (Å²) in [5.41, 5.74) is 1.07. The molecular weight excluding hydrogens is 253 g/mol. The lowest BCUT2D eigenvalue weighted by atomic mass is 10.1. The molecule has 0 bridgehead atoms. The van der Waals surface area contributed by atoms with Gasteiger partial charge in [0.25, 0.3) is 0 Å². The SMILES string of the molecule is CC(Cc1ccc(F)cc1)Nc1ccc(Cl)nn1. The highest BCUT2D eigenvalue weighted by molar-refractivity contribution is 6.29. The number of rotatable bonds is 4. The maximum atomic E-state index is 12.8. The van der Waals surface area contributed by atoms with Crippen molar-refractivity contribution in [2.24, 2.45) is 0 Å². The molecule has 2 rings (SSSR count). The molecule has 1 aromatic heterocycles. The van der Waals surface area contributed by atoms with Gasteiger partial charge in [0.05, 0.1) is 0 Å². The lowest BCUT2D eigenvalue weighted by Crippen LogP contribution is -2.19. The monoisotopic (exact) mass is 265 g/mol. The van der Waals surface area contributed by atoms with E-state index in [1.807, 2.05) is 6.92 Å². The van der Waals surface area contributed by atoms with E-state index in [4.69, 9.17) is 11.6 Å². The van der Waals surface area contributed by atoms with Gasteiger partial charge in [0.2, 0.25) is 0 Å². The van der Waals surface area contributed by atoms with Crippen molar-refractivity contribution in [2.45, 2.75) is 19.4 Å². The van der Waals surface area contributed by atoms with Crippen LogP contribution in [0.25, 0.3) is 0 Å². The van der Waals surface area contributed by atoms with Crippen LogP contribution in [0, 0.1) is 5.82 Å². The Morgan fingerprint density at radius 1 is 1.17 bits per heavy atom. The Kier molecular flexibility index (Phi) is 4.10. The van der Waals surface area contributed by atoms with Gasteiger partial charge >= 0.3 is 0 Å². The van der Waals surface area contributed by atoms with Gasteiger partial charge in [-0.1, -0.05) is 23.7 Å². The highest BCUT2D eigenvalue weighted by Gasteiger charge is 2.05. The summed E-state index contributed by atoms with van der Waals surface area (Å²) in [5.74, 6) is 0.456. The van der Waals surface area contributed by atoms with Crippen molar-refractivity contribution in [2.75, 3.05) is 5.32 Å². The Bertz CT molecular complexity index is 451. The van der Waals surface area contributed by atoms with Gasteiger partial charge in [-0.05, 0) is 43.2 Å². The maximum absolute atomic E-state index is 12.8. The smallest absolute Gasteiger partial charge is 0.151 e. The van der Waals surface area contributed by atoms with Gasteiger partial charge in [-0.3, -0.25) is 0 Å². The van der Waals surface area contributed by atoms with E-state index in [9.17, 15) is 4.39 Å². The first-order valence-corrected chi connectivity index (χ1v) is 6.01. The molecule has 2 aromatic rings. The van der Waals surface area contributed by atoms with Crippen LogP contribution in [0.3, 0.4) is 0 Å². The van der Waals surface area contributed by atoms with Crippen molar-refractivity contribution in [1.82, 2.24) is 10.2 Å². The van der Waals surface area contributed by atoms with E-state index in [0.29, 0.717) is 11.0 Å². The number of aromatic nitrogens is 2. The van der Waals surface area contributed by atoms with Crippen LogP contribution in [-0.2, 0) is 6.42 Å². The fraction of sp³-hybridized carbons (Fsp3) is 0.231. The number of anilines is 1. The zero-order valence-electron chi connectivity index (χ0n) is 9.90. The van der Waals surface area contributed by atoms with Gasteiger partial charge in [-0.15, -0.1) is 10.2 Å².